The van der Waals surface area contributed by atoms with Gasteiger partial charge in [-0.15, -0.1) is 0 Å². The van der Waals surface area contributed by atoms with Crippen LogP contribution in [0.15, 0.2) is 30.6 Å². The second-order valence-corrected chi connectivity index (χ2v) is 5.38. The topological polar surface area (TPSA) is 53.1 Å². The van der Waals surface area contributed by atoms with Crippen molar-refractivity contribution in [2.45, 2.75) is 31.7 Å². The quantitative estimate of drug-likeness (QED) is 0.929. The van der Waals surface area contributed by atoms with Crippen LogP contribution in [0.1, 0.15) is 35.8 Å². The van der Waals surface area contributed by atoms with Crippen LogP contribution in [-0.2, 0) is 19.9 Å². The SMILES string of the molecule is Cn1ccnc1CCOc1cccc2c1CCCC2N. The van der Waals surface area contributed by atoms with E-state index in [9.17, 15) is 0 Å². The molecule has 2 N–H and O–H groups in total. The maximum Gasteiger partial charge on any atom is 0.122 e. The van der Waals surface area contributed by atoms with Crippen LogP contribution in [0.2, 0.25) is 0 Å². The van der Waals surface area contributed by atoms with Gasteiger partial charge < -0.3 is 15.0 Å². The van der Waals surface area contributed by atoms with E-state index in [0.29, 0.717) is 6.61 Å². The predicted octanol–water partition coefficient (Wildman–Crippen LogP) is 2.38. The molecule has 106 valence electrons. The van der Waals surface area contributed by atoms with E-state index >= 15 is 0 Å². The Bertz CT molecular complexity index is 591. The Hall–Kier alpha value is -1.81. The van der Waals surface area contributed by atoms with Crippen LogP contribution in [-0.4, -0.2) is 16.2 Å². The maximum atomic E-state index is 6.17. The molecular formula is C16H21N3O. The van der Waals surface area contributed by atoms with E-state index in [-0.39, 0.29) is 6.04 Å². The number of imidazole rings is 1. The molecule has 1 aromatic heterocycles. The minimum absolute atomic E-state index is 0.164. The number of benzene rings is 1. The number of fused-ring (bicyclic) bond motifs is 1. The first-order chi connectivity index (χ1) is 9.75. The zero-order chi connectivity index (χ0) is 13.9. The first-order valence-electron chi connectivity index (χ1n) is 7.22. The normalized spacial score (nSPS) is 17.8. The Balaban J connectivity index is 1.69. The third-order valence-corrected chi connectivity index (χ3v) is 4.01. The highest BCUT2D eigenvalue weighted by Gasteiger charge is 2.19. The predicted molar refractivity (Wildman–Crippen MR) is 78.7 cm³/mol. The van der Waals surface area contributed by atoms with Gasteiger partial charge in [0.05, 0.1) is 6.61 Å². The van der Waals surface area contributed by atoms with Crippen molar-refractivity contribution in [3.63, 3.8) is 0 Å². The van der Waals surface area contributed by atoms with E-state index in [1.165, 1.54) is 11.1 Å². The number of hydrogen-bond donors (Lipinski definition) is 1. The van der Waals surface area contributed by atoms with Crippen molar-refractivity contribution >= 4 is 0 Å². The fourth-order valence-corrected chi connectivity index (χ4v) is 2.88. The van der Waals surface area contributed by atoms with E-state index in [2.05, 4.69) is 17.1 Å². The molecule has 1 aromatic carbocycles. The summed E-state index contributed by atoms with van der Waals surface area (Å²) in [6.45, 7) is 0.649. The Morgan fingerprint density at radius 2 is 2.35 bits per heavy atom. The molecule has 0 amide bonds. The number of ether oxygens (including phenoxy) is 1. The van der Waals surface area contributed by atoms with Crippen molar-refractivity contribution in [3.05, 3.63) is 47.5 Å². The summed E-state index contributed by atoms with van der Waals surface area (Å²) in [5.74, 6) is 2.04. The monoisotopic (exact) mass is 271 g/mol. The number of nitrogens with zero attached hydrogens (tertiary/aromatic N) is 2. The lowest BCUT2D eigenvalue weighted by Gasteiger charge is -2.24. The fourth-order valence-electron chi connectivity index (χ4n) is 2.88. The van der Waals surface area contributed by atoms with Gasteiger partial charge in [0, 0.05) is 31.9 Å². The van der Waals surface area contributed by atoms with Gasteiger partial charge in [0.25, 0.3) is 0 Å². The molecular weight excluding hydrogens is 250 g/mol. The lowest BCUT2D eigenvalue weighted by atomic mass is 9.87. The minimum atomic E-state index is 0.164. The second-order valence-electron chi connectivity index (χ2n) is 5.38. The Morgan fingerprint density at radius 1 is 1.45 bits per heavy atom. The highest BCUT2D eigenvalue weighted by molar-refractivity contribution is 5.43. The molecule has 0 saturated carbocycles. The molecule has 0 spiro atoms. The molecule has 1 aliphatic rings. The number of hydrogen-bond acceptors (Lipinski definition) is 3. The molecule has 4 nitrogen and oxygen atoms in total. The van der Waals surface area contributed by atoms with Crippen molar-refractivity contribution < 1.29 is 4.74 Å². The zero-order valence-corrected chi connectivity index (χ0v) is 11.9. The van der Waals surface area contributed by atoms with Crippen molar-refractivity contribution in [3.8, 4) is 5.75 Å². The highest BCUT2D eigenvalue weighted by atomic mass is 16.5. The molecule has 0 bridgehead atoms. The molecule has 1 unspecified atom stereocenters. The zero-order valence-electron chi connectivity index (χ0n) is 11.9. The first kappa shape index (κ1) is 13.2. The number of aryl methyl sites for hydroxylation is 1. The molecule has 4 heteroatoms. The highest BCUT2D eigenvalue weighted by Crippen LogP contribution is 2.33. The third-order valence-electron chi connectivity index (χ3n) is 4.01. The average molecular weight is 271 g/mol. The van der Waals surface area contributed by atoms with Gasteiger partial charge in [0.15, 0.2) is 0 Å². The summed E-state index contributed by atoms with van der Waals surface area (Å²) in [6.07, 6.45) is 7.88. The van der Waals surface area contributed by atoms with Gasteiger partial charge >= 0.3 is 0 Å². The van der Waals surface area contributed by atoms with Crippen LogP contribution in [0.3, 0.4) is 0 Å². The van der Waals surface area contributed by atoms with Crippen LogP contribution >= 0.6 is 0 Å². The van der Waals surface area contributed by atoms with Gasteiger partial charge in [0.1, 0.15) is 11.6 Å². The summed E-state index contributed by atoms with van der Waals surface area (Å²) < 4.78 is 8.00. The van der Waals surface area contributed by atoms with E-state index < -0.39 is 0 Å². The van der Waals surface area contributed by atoms with E-state index in [1.54, 1.807) is 0 Å². The summed E-state index contributed by atoms with van der Waals surface area (Å²) in [4.78, 5) is 4.31. The molecule has 2 aromatic rings. The lowest BCUT2D eigenvalue weighted by Crippen LogP contribution is -2.18. The van der Waals surface area contributed by atoms with Crippen LogP contribution in [0, 0.1) is 0 Å². The molecule has 1 atom stereocenters. The van der Waals surface area contributed by atoms with E-state index in [0.717, 1.165) is 37.3 Å². The molecule has 1 heterocycles. The molecule has 0 fully saturated rings. The number of nitrogens with two attached hydrogens (primary N) is 1. The molecule has 20 heavy (non-hydrogen) atoms. The summed E-state index contributed by atoms with van der Waals surface area (Å²) in [5, 5.41) is 0. The van der Waals surface area contributed by atoms with Crippen molar-refractivity contribution in [2.24, 2.45) is 12.8 Å². The van der Waals surface area contributed by atoms with Gasteiger partial charge in [-0.2, -0.15) is 0 Å². The van der Waals surface area contributed by atoms with Crippen LogP contribution in [0.25, 0.3) is 0 Å². The first-order valence-corrected chi connectivity index (χ1v) is 7.22. The van der Waals surface area contributed by atoms with Crippen molar-refractivity contribution in [1.82, 2.24) is 9.55 Å². The summed E-state index contributed by atoms with van der Waals surface area (Å²) in [6, 6.07) is 6.39. The minimum Gasteiger partial charge on any atom is -0.493 e. The number of aromatic nitrogens is 2. The van der Waals surface area contributed by atoms with Crippen molar-refractivity contribution in [1.29, 1.82) is 0 Å². The van der Waals surface area contributed by atoms with Gasteiger partial charge in [-0.05, 0) is 36.5 Å². The van der Waals surface area contributed by atoms with Crippen LogP contribution in [0.4, 0.5) is 0 Å². The third kappa shape index (κ3) is 2.56. The van der Waals surface area contributed by atoms with Crippen molar-refractivity contribution in [2.75, 3.05) is 6.61 Å². The van der Waals surface area contributed by atoms with Crippen LogP contribution in [0.5, 0.6) is 5.75 Å². The lowest BCUT2D eigenvalue weighted by molar-refractivity contribution is 0.311. The Morgan fingerprint density at radius 3 is 3.15 bits per heavy atom. The average Bonchev–Trinajstić information content (AvgIpc) is 2.86. The Kier molecular flexibility index (Phi) is 3.74. The second kappa shape index (κ2) is 5.67. The summed E-state index contributed by atoms with van der Waals surface area (Å²) >= 11 is 0. The maximum absolute atomic E-state index is 6.17. The van der Waals surface area contributed by atoms with Gasteiger partial charge in [0.2, 0.25) is 0 Å². The molecule has 0 radical (unpaired) electrons. The van der Waals surface area contributed by atoms with Gasteiger partial charge in [-0.25, -0.2) is 4.98 Å². The summed E-state index contributed by atoms with van der Waals surface area (Å²) in [5.41, 5.74) is 8.72. The van der Waals surface area contributed by atoms with Gasteiger partial charge in [-0.1, -0.05) is 12.1 Å². The summed E-state index contributed by atoms with van der Waals surface area (Å²) in [7, 11) is 2.01. The fraction of sp³-hybridized carbons (Fsp3) is 0.438. The standard InChI is InChI=1S/C16H21N3O/c1-19-10-9-18-16(19)8-11-20-15-7-3-4-12-13(15)5-2-6-14(12)17/h3-4,7,9-10,14H,2,5-6,8,11,17H2,1H3. The van der Waals surface area contributed by atoms with E-state index in [4.69, 9.17) is 10.5 Å². The van der Waals surface area contributed by atoms with Crippen LogP contribution < -0.4 is 10.5 Å². The van der Waals surface area contributed by atoms with E-state index in [1.807, 2.05) is 30.1 Å². The molecule has 0 aliphatic heterocycles. The number of rotatable bonds is 4. The molecule has 1 aliphatic carbocycles. The largest absolute Gasteiger partial charge is 0.493 e. The molecule has 3 rings (SSSR count). The van der Waals surface area contributed by atoms with Gasteiger partial charge in [-0.3, -0.25) is 0 Å². The smallest absolute Gasteiger partial charge is 0.122 e. The molecule has 0 saturated heterocycles. The Labute approximate surface area is 119 Å².